The third-order valence-corrected chi connectivity index (χ3v) is 9.03. The van der Waals surface area contributed by atoms with Gasteiger partial charge >= 0.3 is 0 Å². The molecule has 2 fully saturated rings. The van der Waals surface area contributed by atoms with Crippen LogP contribution in [0.1, 0.15) is 34.8 Å². The molecule has 5 heterocycles. The number of ether oxygens (including phenoxy) is 3. The van der Waals surface area contributed by atoms with Crippen molar-refractivity contribution in [1.29, 1.82) is 0 Å². The molecular formula is C31H24F3N7O4S. The Morgan fingerprint density at radius 2 is 1.80 bits per heavy atom. The van der Waals surface area contributed by atoms with Crippen molar-refractivity contribution in [3.63, 3.8) is 0 Å². The van der Waals surface area contributed by atoms with E-state index in [0.29, 0.717) is 11.5 Å². The number of fused-ring (bicyclic) bond motifs is 2. The van der Waals surface area contributed by atoms with E-state index < -0.39 is 54.2 Å². The molecule has 1 unspecified atom stereocenters. The molecule has 1 N–H and O–H groups in total. The van der Waals surface area contributed by atoms with E-state index >= 15 is 0 Å². The van der Waals surface area contributed by atoms with Gasteiger partial charge in [-0.2, -0.15) is 5.10 Å². The molecule has 0 aliphatic carbocycles. The second-order valence-electron chi connectivity index (χ2n) is 11.0. The van der Waals surface area contributed by atoms with Crippen molar-refractivity contribution >= 4 is 21.6 Å². The SMILES string of the molecule is Cc1nc2ccc(-n3ncnc3[C@@H]3O[C@@H]4COC(c5ccccc5)O[C@@H]4[C@H](n4cc(-c5cc(F)c(F)c(F)c5)nn4)[C@H]3O)cc2s1. The van der Waals surface area contributed by atoms with Gasteiger partial charge in [0.1, 0.15) is 42.5 Å². The zero-order valence-corrected chi connectivity index (χ0v) is 24.8. The Labute approximate surface area is 262 Å². The van der Waals surface area contributed by atoms with Gasteiger partial charge in [-0.3, -0.25) is 0 Å². The number of benzene rings is 3. The molecule has 15 heteroatoms. The van der Waals surface area contributed by atoms with Crippen LogP contribution in [0.25, 0.3) is 27.2 Å². The molecule has 6 atom stereocenters. The van der Waals surface area contributed by atoms with Crippen LogP contribution in [0.2, 0.25) is 0 Å². The quantitative estimate of drug-likeness (QED) is 0.257. The van der Waals surface area contributed by atoms with E-state index in [9.17, 15) is 18.3 Å². The lowest BCUT2D eigenvalue weighted by atomic mass is 9.91. The molecule has 3 aromatic carbocycles. The number of thiazole rings is 1. The maximum absolute atomic E-state index is 14.1. The molecule has 6 aromatic rings. The van der Waals surface area contributed by atoms with Gasteiger partial charge in [-0.05, 0) is 37.3 Å². The maximum Gasteiger partial charge on any atom is 0.194 e. The molecule has 0 bridgehead atoms. The van der Waals surface area contributed by atoms with E-state index in [4.69, 9.17) is 14.2 Å². The smallest absolute Gasteiger partial charge is 0.194 e. The summed E-state index contributed by atoms with van der Waals surface area (Å²) >= 11 is 1.55. The number of aliphatic hydroxyl groups is 1. The predicted molar refractivity (Wildman–Crippen MR) is 157 cm³/mol. The first-order valence-electron chi connectivity index (χ1n) is 14.3. The van der Waals surface area contributed by atoms with Gasteiger partial charge in [0, 0.05) is 11.1 Å². The number of aryl methyl sites for hydroxylation is 1. The molecule has 2 aliphatic rings. The minimum atomic E-state index is -1.59. The summed E-state index contributed by atoms with van der Waals surface area (Å²) in [5.74, 6) is -3.98. The second kappa shape index (κ2) is 11.4. The number of aromatic nitrogens is 7. The largest absolute Gasteiger partial charge is 0.388 e. The van der Waals surface area contributed by atoms with Crippen LogP contribution in [0.4, 0.5) is 13.2 Å². The van der Waals surface area contributed by atoms with Crippen LogP contribution in [0.3, 0.4) is 0 Å². The van der Waals surface area contributed by atoms with Crippen LogP contribution in [0.15, 0.2) is 73.2 Å². The highest BCUT2D eigenvalue weighted by atomic mass is 32.1. The summed E-state index contributed by atoms with van der Waals surface area (Å²) in [5.41, 5.74) is 2.36. The molecule has 0 saturated carbocycles. The summed E-state index contributed by atoms with van der Waals surface area (Å²) in [6, 6.07) is 15.7. The Bertz CT molecular complexity index is 2030. The molecule has 234 valence electrons. The third kappa shape index (κ3) is 4.96. The summed E-state index contributed by atoms with van der Waals surface area (Å²) in [6.45, 7) is 2.05. The van der Waals surface area contributed by atoms with E-state index in [1.807, 2.05) is 55.5 Å². The second-order valence-corrected chi connectivity index (χ2v) is 12.2. The molecule has 2 aliphatic heterocycles. The van der Waals surface area contributed by atoms with E-state index in [0.717, 1.165) is 32.9 Å². The van der Waals surface area contributed by atoms with Crippen molar-refractivity contribution in [3.8, 4) is 16.9 Å². The van der Waals surface area contributed by atoms with Crippen LogP contribution in [-0.2, 0) is 14.2 Å². The lowest BCUT2D eigenvalue weighted by Crippen LogP contribution is -2.57. The normalized spacial score (nSPS) is 24.7. The van der Waals surface area contributed by atoms with Gasteiger partial charge < -0.3 is 19.3 Å². The Morgan fingerprint density at radius 1 is 1.00 bits per heavy atom. The topological polar surface area (TPSA) is 122 Å². The molecule has 11 nitrogen and oxygen atoms in total. The Morgan fingerprint density at radius 3 is 2.61 bits per heavy atom. The molecule has 46 heavy (non-hydrogen) atoms. The molecule has 3 aromatic heterocycles. The van der Waals surface area contributed by atoms with E-state index in [1.165, 1.54) is 17.2 Å². The predicted octanol–water partition coefficient (Wildman–Crippen LogP) is 5.02. The first kappa shape index (κ1) is 28.9. The fourth-order valence-electron chi connectivity index (χ4n) is 5.97. The van der Waals surface area contributed by atoms with Crippen LogP contribution in [-0.4, -0.2) is 64.8 Å². The van der Waals surface area contributed by atoms with E-state index in [-0.39, 0.29) is 17.9 Å². The number of hydrogen-bond acceptors (Lipinski definition) is 10. The third-order valence-electron chi connectivity index (χ3n) is 8.10. The highest BCUT2D eigenvalue weighted by Gasteiger charge is 2.52. The van der Waals surface area contributed by atoms with E-state index in [2.05, 4.69) is 25.4 Å². The molecule has 0 spiro atoms. The average molecular weight is 648 g/mol. The Kier molecular flexibility index (Phi) is 7.14. The first-order valence-corrected chi connectivity index (χ1v) is 15.2. The Hall–Kier alpha value is -4.54. The van der Waals surface area contributed by atoms with Gasteiger partial charge in [-0.1, -0.05) is 35.5 Å². The van der Waals surface area contributed by atoms with Crippen LogP contribution in [0, 0.1) is 24.4 Å². The summed E-state index contributed by atoms with van der Waals surface area (Å²) in [6.07, 6.45) is -1.80. The minimum absolute atomic E-state index is 0.0270. The van der Waals surface area contributed by atoms with Gasteiger partial charge in [-0.25, -0.2) is 32.5 Å². The zero-order chi connectivity index (χ0) is 31.5. The molecule has 8 rings (SSSR count). The molecule has 2 saturated heterocycles. The number of halogens is 3. The first-order chi connectivity index (χ1) is 22.3. The lowest BCUT2D eigenvalue weighted by molar-refractivity contribution is -0.319. The lowest BCUT2D eigenvalue weighted by Gasteiger charge is -2.47. The van der Waals surface area contributed by atoms with Crippen LogP contribution < -0.4 is 0 Å². The summed E-state index contributed by atoms with van der Waals surface area (Å²) in [4.78, 5) is 8.99. The number of aliphatic hydroxyl groups excluding tert-OH is 1. The van der Waals surface area contributed by atoms with Gasteiger partial charge in [0.05, 0.1) is 33.7 Å². The maximum atomic E-state index is 14.1. The highest BCUT2D eigenvalue weighted by molar-refractivity contribution is 7.18. The van der Waals surface area contributed by atoms with Crippen molar-refractivity contribution in [1.82, 2.24) is 34.7 Å². The van der Waals surface area contributed by atoms with Gasteiger partial charge in [-0.15, -0.1) is 16.4 Å². The zero-order valence-electron chi connectivity index (χ0n) is 23.9. The molecule has 0 amide bonds. The van der Waals surface area contributed by atoms with Gasteiger partial charge in [0.15, 0.2) is 29.6 Å². The highest BCUT2D eigenvalue weighted by Crippen LogP contribution is 2.44. The van der Waals surface area contributed by atoms with Gasteiger partial charge in [0.25, 0.3) is 0 Å². The van der Waals surface area contributed by atoms with Crippen molar-refractivity contribution < 1.29 is 32.5 Å². The van der Waals surface area contributed by atoms with Crippen molar-refractivity contribution in [2.45, 2.75) is 43.7 Å². The fourth-order valence-corrected chi connectivity index (χ4v) is 6.83. The summed E-state index contributed by atoms with van der Waals surface area (Å²) in [7, 11) is 0. The van der Waals surface area contributed by atoms with E-state index in [1.54, 1.807) is 16.0 Å². The number of hydrogen-bond donors (Lipinski definition) is 1. The van der Waals surface area contributed by atoms with Crippen LogP contribution in [0.5, 0.6) is 0 Å². The standard InChI is InChI=1S/C31H24F3N7O4S/c1-15-37-21-8-7-18(11-24(21)46-15)41-30(35-14-36-41)29-27(42)26(28-23(44-29)13-43-31(45-28)16-5-3-2-4-6-16)40-12-22(38-39-40)17-9-19(32)25(34)20(33)10-17/h2-12,14,23,26-29,31,42H,13H2,1H3/t23-,26-,27-,28+,29-,31?/m1/s1. The monoisotopic (exact) mass is 647 g/mol. The molecule has 0 radical (unpaired) electrons. The average Bonchev–Trinajstić information content (AvgIpc) is 3.82. The van der Waals surface area contributed by atoms with Crippen molar-refractivity contribution in [3.05, 3.63) is 107 Å². The minimum Gasteiger partial charge on any atom is -0.388 e. The molecular weight excluding hydrogens is 623 g/mol. The number of nitrogens with zero attached hydrogens (tertiary/aromatic N) is 7. The van der Waals surface area contributed by atoms with Crippen LogP contribution >= 0.6 is 11.3 Å². The summed E-state index contributed by atoms with van der Waals surface area (Å²) in [5, 5.41) is 25.7. The number of rotatable bonds is 5. The Balaban J connectivity index is 1.18. The van der Waals surface area contributed by atoms with Gasteiger partial charge in [0.2, 0.25) is 0 Å². The fraction of sp³-hybridized carbons (Fsp3) is 0.258. The summed E-state index contributed by atoms with van der Waals surface area (Å²) < 4.78 is 64.6. The van der Waals surface area contributed by atoms with Crippen molar-refractivity contribution in [2.75, 3.05) is 6.61 Å². The van der Waals surface area contributed by atoms with Crippen molar-refractivity contribution in [2.24, 2.45) is 0 Å².